The molecule has 0 heterocycles. The van der Waals surface area contributed by atoms with E-state index in [9.17, 15) is 9.59 Å². The highest BCUT2D eigenvalue weighted by atomic mass is 32.2. The molecule has 0 aromatic heterocycles. The van der Waals surface area contributed by atoms with Gasteiger partial charge in [0.25, 0.3) is 0 Å². The Morgan fingerprint density at radius 2 is 1.94 bits per heavy atom. The molecule has 0 saturated heterocycles. The van der Waals surface area contributed by atoms with Crippen molar-refractivity contribution in [3.63, 3.8) is 0 Å². The van der Waals surface area contributed by atoms with E-state index in [4.69, 9.17) is 5.11 Å². The summed E-state index contributed by atoms with van der Waals surface area (Å²) in [7, 11) is 0. The number of carboxylic acids is 1. The third-order valence-corrected chi connectivity index (χ3v) is 3.17. The molecule has 1 atom stereocenters. The number of hydrogen-bond acceptors (Lipinski definition) is 3. The van der Waals surface area contributed by atoms with E-state index in [0.29, 0.717) is 19.3 Å². The highest BCUT2D eigenvalue weighted by Gasteiger charge is 2.07. The van der Waals surface area contributed by atoms with Crippen molar-refractivity contribution in [1.29, 1.82) is 0 Å². The molecule has 4 nitrogen and oxygen atoms in total. The molecule has 0 saturated carbocycles. The average Bonchev–Trinajstić information content (AvgIpc) is 2.21. The number of thioether (sulfide) groups is 1. The van der Waals surface area contributed by atoms with Gasteiger partial charge < -0.3 is 10.4 Å². The maximum Gasteiger partial charge on any atom is 0.303 e. The summed E-state index contributed by atoms with van der Waals surface area (Å²) in [6.45, 7) is 4.07. The number of rotatable bonds is 9. The standard InChI is InChI=1S/C11H21NO3S/c1-3-16-8-9(2)12-10(13)6-4-5-7-11(14)15/h9H,3-8H2,1-2H3,(H,12,13)(H,14,15). The molecule has 0 spiro atoms. The number of amides is 1. The first kappa shape index (κ1) is 15.3. The maximum absolute atomic E-state index is 11.4. The molecular weight excluding hydrogens is 226 g/mol. The molecule has 0 aromatic rings. The van der Waals surface area contributed by atoms with Crippen LogP contribution in [-0.2, 0) is 9.59 Å². The van der Waals surface area contributed by atoms with Gasteiger partial charge in [0.2, 0.25) is 5.91 Å². The van der Waals surface area contributed by atoms with Crippen LogP contribution in [0.25, 0.3) is 0 Å². The van der Waals surface area contributed by atoms with Crippen molar-refractivity contribution in [1.82, 2.24) is 5.32 Å². The van der Waals surface area contributed by atoms with Gasteiger partial charge in [0.05, 0.1) is 0 Å². The summed E-state index contributed by atoms with van der Waals surface area (Å²) in [5.41, 5.74) is 0. The number of nitrogens with one attached hydrogen (secondary N) is 1. The van der Waals surface area contributed by atoms with Crippen LogP contribution in [0.15, 0.2) is 0 Å². The molecule has 5 heteroatoms. The molecule has 0 rings (SSSR count). The summed E-state index contributed by atoms with van der Waals surface area (Å²) in [4.78, 5) is 21.6. The largest absolute Gasteiger partial charge is 0.481 e. The van der Waals surface area contributed by atoms with Crippen LogP contribution in [-0.4, -0.2) is 34.5 Å². The molecule has 16 heavy (non-hydrogen) atoms. The second-order valence-corrected chi connectivity index (χ2v) is 5.05. The third kappa shape index (κ3) is 9.83. The van der Waals surface area contributed by atoms with Gasteiger partial charge in [-0.2, -0.15) is 11.8 Å². The lowest BCUT2D eigenvalue weighted by atomic mass is 10.2. The van der Waals surface area contributed by atoms with E-state index in [1.165, 1.54) is 0 Å². The van der Waals surface area contributed by atoms with Crippen molar-refractivity contribution in [2.45, 2.75) is 45.6 Å². The van der Waals surface area contributed by atoms with E-state index in [1.807, 2.05) is 6.92 Å². The molecule has 0 aliphatic carbocycles. The van der Waals surface area contributed by atoms with Crippen molar-refractivity contribution >= 4 is 23.6 Å². The Morgan fingerprint density at radius 3 is 2.50 bits per heavy atom. The molecule has 0 aliphatic rings. The first-order chi connectivity index (χ1) is 7.56. The fourth-order valence-corrected chi connectivity index (χ4v) is 1.92. The van der Waals surface area contributed by atoms with Crippen molar-refractivity contribution in [2.24, 2.45) is 0 Å². The molecule has 2 N–H and O–H groups in total. The first-order valence-electron chi connectivity index (χ1n) is 5.65. The number of carbonyl (C=O) groups is 2. The quantitative estimate of drug-likeness (QED) is 0.611. The lowest BCUT2D eigenvalue weighted by molar-refractivity contribution is -0.137. The van der Waals surface area contributed by atoms with Gasteiger partial charge in [0.1, 0.15) is 0 Å². The lowest BCUT2D eigenvalue weighted by Gasteiger charge is -2.12. The minimum absolute atomic E-state index is 0.0228. The molecule has 0 bridgehead atoms. The number of hydrogen-bond donors (Lipinski definition) is 2. The Morgan fingerprint density at radius 1 is 1.31 bits per heavy atom. The van der Waals surface area contributed by atoms with Gasteiger partial charge >= 0.3 is 5.97 Å². The monoisotopic (exact) mass is 247 g/mol. The Labute approximate surface area is 101 Å². The second kappa shape index (κ2) is 9.51. The normalized spacial score (nSPS) is 12.1. The molecule has 0 aliphatic heterocycles. The van der Waals surface area contributed by atoms with E-state index in [0.717, 1.165) is 11.5 Å². The van der Waals surface area contributed by atoms with Crippen LogP contribution in [0.3, 0.4) is 0 Å². The number of unbranched alkanes of at least 4 members (excludes halogenated alkanes) is 1. The minimum atomic E-state index is -0.798. The smallest absolute Gasteiger partial charge is 0.303 e. The van der Waals surface area contributed by atoms with Crippen molar-refractivity contribution < 1.29 is 14.7 Å². The van der Waals surface area contributed by atoms with Gasteiger partial charge in [-0.3, -0.25) is 9.59 Å². The van der Waals surface area contributed by atoms with Crippen LogP contribution in [0.1, 0.15) is 39.5 Å². The number of aliphatic carboxylic acids is 1. The highest BCUT2D eigenvalue weighted by Crippen LogP contribution is 2.03. The van der Waals surface area contributed by atoms with Gasteiger partial charge in [0, 0.05) is 24.6 Å². The van der Waals surface area contributed by atoms with Gasteiger partial charge in [-0.05, 0) is 25.5 Å². The van der Waals surface area contributed by atoms with Gasteiger partial charge in [-0.1, -0.05) is 6.92 Å². The van der Waals surface area contributed by atoms with Crippen molar-refractivity contribution in [3.05, 3.63) is 0 Å². The summed E-state index contributed by atoms with van der Waals surface area (Å²) < 4.78 is 0. The zero-order chi connectivity index (χ0) is 12.4. The fraction of sp³-hybridized carbons (Fsp3) is 0.818. The van der Waals surface area contributed by atoms with E-state index in [-0.39, 0.29) is 18.4 Å². The SMILES string of the molecule is CCSCC(C)NC(=O)CCCCC(=O)O. The predicted molar refractivity (Wildman–Crippen MR) is 66.7 cm³/mol. The summed E-state index contributed by atoms with van der Waals surface area (Å²) in [5, 5.41) is 11.3. The van der Waals surface area contributed by atoms with Crippen LogP contribution >= 0.6 is 11.8 Å². The summed E-state index contributed by atoms with van der Waals surface area (Å²) in [5.74, 6) is 1.21. The van der Waals surface area contributed by atoms with E-state index in [1.54, 1.807) is 11.8 Å². The average molecular weight is 247 g/mol. The molecule has 0 aromatic carbocycles. The van der Waals surface area contributed by atoms with Crippen LogP contribution in [0.2, 0.25) is 0 Å². The Kier molecular flexibility index (Phi) is 9.09. The summed E-state index contributed by atoms with van der Waals surface area (Å²) in [6, 6.07) is 0.192. The minimum Gasteiger partial charge on any atom is -0.481 e. The van der Waals surface area contributed by atoms with Crippen LogP contribution in [0.5, 0.6) is 0 Å². The van der Waals surface area contributed by atoms with Crippen LogP contribution in [0, 0.1) is 0 Å². The predicted octanol–water partition coefficient (Wildman–Crippen LogP) is 1.89. The molecule has 0 fully saturated rings. The topological polar surface area (TPSA) is 66.4 Å². The van der Waals surface area contributed by atoms with E-state index in [2.05, 4.69) is 12.2 Å². The summed E-state index contributed by atoms with van der Waals surface area (Å²) in [6.07, 6.45) is 1.79. The second-order valence-electron chi connectivity index (χ2n) is 3.73. The zero-order valence-corrected chi connectivity index (χ0v) is 10.8. The number of carbonyl (C=O) groups excluding carboxylic acids is 1. The molecule has 94 valence electrons. The van der Waals surface area contributed by atoms with E-state index < -0.39 is 5.97 Å². The fourth-order valence-electron chi connectivity index (χ4n) is 1.25. The zero-order valence-electron chi connectivity index (χ0n) is 9.99. The Balaban J connectivity index is 3.46. The van der Waals surface area contributed by atoms with Gasteiger partial charge in [-0.15, -0.1) is 0 Å². The molecule has 1 amide bonds. The van der Waals surface area contributed by atoms with Crippen molar-refractivity contribution in [3.8, 4) is 0 Å². The maximum atomic E-state index is 11.4. The van der Waals surface area contributed by atoms with Crippen molar-refractivity contribution in [2.75, 3.05) is 11.5 Å². The van der Waals surface area contributed by atoms with Gasteiger partial charge in [-0.25, -0.2) is 0 Å². The molecular formula is C11H21NO3S. The summed E-state index contributed by atoms with van der Waals surface area (Å²) >= 11 is 1.80. The van der Waals surface area contributed by atoms with Crippen LogP contribution < -0.4 is 5.32 Å². The molecule has 0 radical (unpaired) electrons. The molecule has 1 unspecified atom stereocenters. The van der Waals surface area contributed by atoms with Crippen LogP contribution in [0.4, 0.5) is 0 Å². The Bertz CT molecular complexity index is 221. The highest BCUT2D eigenvalue weighted by molar-refractivity contribution is 7.99. The Hall–Kier alpha value is -0.710. The van der Waals surface area contributed by atoms with Gasteiger partial charge in [0.15, 0.2) is 0 Å². The lowest BCUT2D eigenvalue weighted by Crippen LogP contribution is -2.34. The van der Waals surface area contributed by atoms with E-state index >= 15 is 0 Å². The third-order valence-electron chi connectivity index (χ3n) is 2.02. The number of carboxylic acid groups (broad SMARTS) is 1. The first-order valence-corrected chi connectivity index (χ1v) is 6.80.